The first-order chi connectivity index (χ1) is 8.31. The van der Waals surface area contributed by atoms with E-state index in [-0.39, 0.29) is 0 Å². The number of nitrogens with two attached hydrogens (primary N) is 1. The van der Waals surface area contributed by atoms with Crippen LogP contribution in [-0.2, 0) is 4.74 Å². The van der Waals surface area contributed by atoms with Crippen LogP contribution in [0.5, 0.6) is 5.88 Å². The van der Waals surface area contributed by atoms with E-state index < -0.39 is 0 Å². The molecule has 1 aliphatic carbocycles. The highest BCUT2D eigenvalue weighted by Gasteiger charge is 2.27. The molecule has 4 heteroatoms. The number of aromatic nitrogens is 1. The molecule has 0 bridgehead atoms. The molecule has 17 heavy (non-hydrogen) atoms. The van der Waals surface area contributed by atoms with E-state index in [4.69, 9.17) is 15.2 Å². The Morgan fingerprint density at radius 1 is 1.35 bits per heavy atom. The lowest BCUT2D eigenvalue weighted by atomic mass is 10.1. The lowest BCUT2D eigenvalue weighted by Gasteiger charge is -2.09. The number of hydrogen-bond acceptors (Lipinski definition) is 4. The minimum Gasteiger partial charge on any atom is -0.475 e. The third-order valence-electron chi connectivity index (χ3n) is 2.44. The van der Waals surface area contributed by atoms with Crippen molar-refractivity contribution in [3.05, 3.63) is 17.8 Å². The average molecular weight is 238 g/mol. The fraction of sp³-hybridized carbons (Fsp3) is 0.615. The van der Waals surface area contributed by atoms with E-state index in [1.807, 2.05) is 19.9 Å². The van der Waals surface area contributed by atoms with E-state index in [9.17, 15) is 0 Å². The van der Waals surface area contributed by atoms with Gasteiger partial charge in [0.15, 0.2) is 0 Å². The van der Waals surface area contributed by atoms with Crippen molar-refractivity contribution in [3.63, 3.8) is 0 Å². The summed E-state index contributed by atoms with van der Waals surface area (Å²) in [6.07, 6.45) is 4.06. The first-order valence-electron chi connectivity index (χ1n) is 6.18. The first-order valence-corrected chi connectivity index (χ1v) is 6.18. The summed E-state index contributed by atoms with van der Waals surface area (Å²) in [5.41, 5.74) is 7.55. The molecule has 0 atom stereocenters. The zero-order valence-electron chi connectivity index (χ0n) is 10.9. The SMILES string of the molecule is CC.COCCOc1ncc(N)cc1C1CC1. The van der Waals surface area contributed by atoms with E-state index in [0.29, 0.717) is 30.7 Å². The smallest absolute Gasteiger partial charge is 0.217 e. The summed E-state index contributed by atoms with van der Waals surface area (Å²) in [7, 11) is 1.65. The topological polar surface area (TPSA) is 57.4 Å². The van der Waals surface area contributed by atoms with E-state index >= 15 is 0 Å². The van der Waals surface area contributed by atoms with E-state index in [1.165, 1.54) is 12.8 Å². The second-order valence-corrected chi connectivity index (χ2v) is 3.78. The highest BCUT2D eigenvalue weighted by Crippen LogP contribution is 2.44. The number of nitrogen functional groups attached to an aromatic ring is 1. The van der Waals surface area contributed by atoms with Gasteiger partial charge in [-0.2, -0.15) is 0 Å². The molecule has 96 valence electrons. The quantitative estimate of drug-likeness (QED) is 0.801. The number of methoxy groups -OCH3 is 1. The third kappa shape index (κ3) is 4.23. The zero-order valence-corrected chi connectivity index (χ0v) is 10.9. The Bertz CT molecular complexity index is 338. The van der Waals surface area contributed by atoms with Crippen LogP contribution in [0.3, 0.4) is 0 Å². The summed E-state index contributed by atoms with van der Waals surface area (Å²) in [4.78, 5) is 4.21. The van der Waals surface area contributed by atoms with Gasteiger partial charge in [0.1, 0.15) is 6.61 Å². The highest BCUT2D eigenvalue weighted by molar-refractivity contribution is 5.45. The molecule has 0 aliphatic heterocycles. The van der Waals surface area contributed by atoms with Crippen molar-refractivity contribution in [1.82, 2.24) is 4.98 Å². The third-order valence-corrected chi connectivity index (χ3v) is 2.44. The van der Waals surface area contributed by atoms with Crippen molar-refractivity contribution in [2.24, 2.45) is 0 Å². The molecule has 0 spiro atoms. The normalized spacial score (nSPS) is 13.8. The van der Waals surface area contributed by atoms with Crippen LogP contribution in [0.1, 0.15) is 38.2 Å². The minimum atomic E-state index is 0.535. The maximum absolute atomic E-state index is 5.71. The molecule has 1 aliphatic rings. The molecule has 1 fully saturated rings. The highest BCUT2D eigenvalue weighted by atomic mass is 16.5. The fourth-order valence-corrected chi connectivity index (χ4v) is 1.52. The van der Waals surface area contributed by atoms with Crippen molar-refractivity contribution in [2.45, 2.75) is 32.6 Å². The molecule has 2 N–H and O–H groups in total. The number of pyridine rings is 1. The van der Waals surface area contributed by atoms with Crippen LogP contribution < -0.4 is 10.5 Å². The van der Waals surface area contributed by atoms with Gasteiger partial charge in [-0.15, -0.1) is 0 Å². The van der Waals surface area contributed by atoms with Gasteiger partial charge in [0.05, 0.1) is 18.5 Å². The summed E-state index contributed by atoms with van der Waals surface area (Å²) in [6.45, 7) is 5.11. The van der Waals surface area contributed by atoms with Crippen LogP contribution >= 0.6 is 0 Å². The molecule has 0 radical (unpaired) electrons. The van der Waals surface area contributed by atoms with Gasteiger partial charge >= 0.3 is 0 Å². The Hall–Kier alpha value is -1.29. The van der Waals surface area contributed by atoms with Crippen molar-refractivity contribution >= 4 is 5.69 Å². The van der Waals surface area contributed by atoms with Gasteiger partial charge in [-0.3, -0.25) is 0 Å². The number of anilines is 1. The van der Waals surface area contributed by atoms with Gasteiger partial charge in [0, 0.05) is 12.7 Å². The van der Waals surface area contributed by atoms with Gasteiger partial charge < -0.3 is 15.2 Å². The van der Waals surface area contributed by atoms with E-state index in [0.717, 1.165) is 5.56 Å². The Morgan fingerprint density at radius 2 is 2.06 bits per heavy atom. The maximum atomic E-state index is 5.71. The molecule has 1 aromatic rings. The molecule has 0 saturated heterocycles. The minimum absolute atomic E-state index is 0.535. The Labute approximate surface area is 103 Å². The van der Waals surface area contributed by atoms with Crippen LogP contribution in [0.15, 0.2) is 12.3 Å². The van der Waals surface area contributed by atoms with E-state index in [1.54, 1.807) is 13.3 Å². The largest absolute Gasteiger partial charge is 0.475 e. The van der Waals surface area contributed by atoms with Crippen LogP contribution in [0.25, 0.3) is 0 Å². The van der Waals surface area contributed by atoms with E-state index in [2.05, 4.69) is 4.98 Å². The molecular weight excluding hydrogens is 216 g/mol. The van der Waals surface area contributed by atoms with Crippen molar-refractivity contribution in [2.75, 3.05) is 26.1 Å². The van der Waals surface area contributed by atoms with Crippen molar-refractivity contribution in [1.29, 1.82) is 0 Å². The second kappa shape index (κ2) is 7.12. The van der Waals surface area contributed by atoms with Gasteiger partial charge in [-0.1, -0.05) is 13.8 Å². The molecule has 0 unspecified atom stereocenters. The first kappa shape index (κ1) is 13.8. The predicted octanol–water partition coefficient (Wildman–Crippen LogP) is 2.59. The Morgan fingerprint density at radius 3 is 2.65 bits per heavy atom. The summed E-state index contributed by atoms with van der Waals surface area (Å²) in [6, 6.07) is 1.97. The number of rotatable bonds is 5. The predicted molar refractivity (Wildman–Crippen MR) is 69.3 cm³/mol. The second-order valence-electron chi connectivity index (χ2n) is 3.78. The van der Waals surface area contributed by atoms with Crippen molar-refractivity contribution < 1.29 is 9.47 Å². The maximum Gasteiger partial charge on any atom is 0.217 e. The molecule has 1 heterocycles. The molecule has 1 aromatic heterocycles. The number of nitrogens with zero attached hydrogens (tertiary/aromatic N) is 1. The van der Waals surface area contributed by atoms with Crippen LogP contribution in [0, 0.1) is 0 Å². The lowest BCUT2D eigenvalue weighted by Crippen LogP contribution is -2.07. The monoisotopic (exact) mass is 238 g/mol. The Balaban J connectivity index is 0.000000686. The standard InChI is InChI=1S/C11H16N2O2.C2H6/c1-14-4-5-15-11-10(8-2-3-8)6-9(12)7-13-11;1-2/h6-8H,2-5,12H2,1H3;1-2H3. The summed E-state index contributed by atoms with van der Waals surface area (Å²) >= 11 is 0. The average Bonchev–Trinajstić information content (AvgIpc) is 3.18. The lowest BCUT2D eigenvalue weighted by molar-refractivity contribution is 0.143. The van der Waals surface area contributed by atoms with Gasteiger partial charge in [-0.05, 0) is 24.8 Å². The summed E-state index contributed by atoms with van der Waals surface area (Å²) in [5, 5.41) is 0. The van der Waals surface area contributed by atoms with Crippen molar-refractivity contribution in [3.8, 4) is 5.88 Å². The zero-order chi connectivity index (χ0) is 12.7. The molecular formula is C13H22N2O2. The summed E-state index contributed by atoms with van der Waals surface area (Å²) in [5.74, 6) is 1.31. The van der Waals surface area contributed by atoms with Crippen LogP contribution in [0.2, 0.25) is 0 Å². The summed E-state index contributed by atoms with van der Waals surface area (Å²) < 4.78 is 10.5. The molecule has 0 aromatic carbocycles. The molecule has 0 amide bonds. The van der Waals surface area contributed by atoms with Gasteiger partial charge in [0.2, 0.25) is 5.88 Å². The van der Waals surface area contributed by atoms with Gasteiger partial charge in [-0.25, -0.2) is 4.98 Å². The van der Waals surface area contributed by atoms with Crippen LogP contribution in [0.4, 0.5) is 5.69 Å². The number of hydrogen-bond donors (Lipinski definition) is 1. The molecule has 2 rings (SSSR count). The number of ether oxygens (including phenoxy) is 2. The molecule has 1 saturated carbocycles. The fourth-order valence-electron chi connectivity index (χ4n) is 1.52. The van der Waals surface area contributed by atoms with Crippen LogP contribution in [-0.4, -0.2) is 25.3 Å². The molecule has 4 nitrogen and oxygen atoms in total. The Kier molecular flexibility index (Phi) is 5.77. The van der Waals surface area contributed by atoms with Gasteiger partial charge in [0.25, 0.3) is 0 Å².